The second kappa shape index (κ2) is 7.10. The second-order valence-electron chi connectivity index (χ2n) is 6.17. The van der Waals surface area contributed by atoms with Crippen molar-refractivity contribution in [2.45, 2.75) is 12.8 Å². The summed E-state index contributed by atoms with van der Waals surface area (Å²) in [6, 6.07) is 4.06. The lowest BCUT2D eigenvalue weighted by atomic mass is 10.0. The summed E-state index contributed by atoms with van der Waals surface area (Å²) in [7, 11) is 1.45. The zero-order valence-corrected chi connectivity index (χ0v) is 14.6. The van der Waals surface area contributed by atoms with E-state index in [1.165, 1.54) is 37.7 Å². The Hall–Kier alpha value is -3.36. The molecule has 1 aliphatic rings. The van der Waals surface area contributed by atoms with Crippen LogP contribution < -0.4 is 9.64 Å². The minimum absolute atomic E-state index is 0.132. The van der Waals surface area contributed by atoms with Crippen molar-refractivity contribution in [1.82, 2.24) is 25.4 Å². The van der Waals surface area contributed by atoms with Gasteiger partial charge in [0, 0.05) is 35.8 Å². The predicted octanol–water partition coefficient (Wildman–Crippen LogP) is 2.45. The van der Waals surface area contributed by atoms with Crippen LogP contribution in [0.4, 0.5) is 10.3 Å². The molecule has 2 aromatic heterocycles. The van der Waals surface area contributed by atoms with Crippen LogP contribution in [0.15, 0.2) is 30.6 Å². The molecule has 9 heteroatoms. The van der Waals surface area contributed by atoms with E-state index in [9.17, 15) is 9.50 Å². The molecule has 3 heterocycles. The molecule has 1 saturated heterocycles. The Bertz CT molecular complexity index is 961. The highest BCUT2D eigenvalue weighted by Gasteiger charge is 2.18. The summed E-state index contributed by atoms with van der Waals surface area (Å²) in [4.78, 5) is 6.34. The Labute approximate surface area is 154 Å². The Kier molecular flexibility index (Phi) is 4.49. The van der Waals surface area contributed by atoms with Crippen LogP contribution in [0.25, 0.3) is 22.4 Å². The van der Waals surface area contributed by atoms with Gasteiger partial charge in [0.1, 0.15) is 17.3 Å². The van der Waals surface area contributed by atoms with Gasteiger partial charge < -0.3 is 14.7 Å². The fraction of sp³-hybridized carbons (Fsp3) is 0.278. The topological polar surface area (TPSA) is 97.2 Å². The normalized spacial score (nSPS) is 13.8. The van der Waals surface area contributed by atoms with Gasteiger partial charge in [0.05, 0.1) is 19.5 Å². The van der Waals surface area contributed by atoms with E-state index < -0.39 is 5.82 Å². The molecule has 0 radical (unpaired) electrons. The minimum Gasteiger partial charge on any atom is -0.507 e. The molecular formula is C18H17FN6O2. The molecule has 0 aliphatic carbocycles. The molecule has 0 atom stereocenters. The number of anilines is 1. The molecule has 4 rings (SSSR count). The van der Waals surface area contributed by atoms with Gasteiger partial charge in [0.25, 0.3) is 0 Å². The highest BCUT2D eigenvalue weighted by molar-refractivity contribution is 5.74. The number of benzene rings is 1. The lowest BCUT2D eigenvalue weighted by Gasteiger charge is -2.14. The van der Waals surface area contributed by atoms with Crippen molar-refractivity contribution in [3.63, 3.8) is 0 Å². The maximum atomic E-state index is 14.7. The predicted molar refractivity (Wildman–Crippen MR) is 95.9 cm³/mol. The van der Waals surface area contributed by atoms with E-state index in [-0.39, 0.29) is 22.8 Å². The number of nitrogens with zero attached hydrogens (tertiary/aromatic N) is 6. The summed E-state index contributed by atoms with van der Waals surface area (Å²) in [6.45, 7) is 1.80. The summed E-state index contributed by atoms with van der Waals surface area (Å²) >= 11 is 0. The van der Waals surface area contributed by atoms with Crippen molar-refractivity contribution in [2.75, 3.05) is 25.1 Å². The summed E-state index contributed by atoms with van der Waals surface area (Å²) in [5.74, 6) is 0.126. The molecule has 0 bridgehead atoms. The third kappa shape index (κ3) is 3.35. The smallest absolute Gasteiger partial charge is 0.245 e. The van der Waals surface area contributed by atoms with Gasteiger partial charge in [-0.15, -0.1) is 15.3 Å². The fourth-order valence-electron chi connectivity index (χ4n) is 3.04. The highest BCUT2D eigenvalue weighted by Crippen LogP contribution is 2.35. The Balaban J connectivity index is 1.67. The molecule has 1 aromatic carbocycles. The molecule has 8 nitrogen and oxygen atoms in total. The molecule has 0 spiro atoms. The van der Waals surface area contributed by atoms with E-state index in [4.69, 9.17) is 4.74 Å². The number of rotatable bonds is 4. The van der Waals surface area contributed by atoms with Gasteiger partial charge in [0.15, 0.2) is 0 Å². The van der Waals surface area contributed by atoms with E-state index >= 15 is 0 Å². The average Bonchev–Trinajstić information content (AvgIpc) is 3.24. The zero-order valence-electron chi connectivity index (χ0n) is 14.6. The molecule has 1 fully saturated rings. The molecule has 3 aromatic rings. The SMILES string of the molecule is COc1cc(-c2cc(O)c(-c3cnc(N4CCCC4)nn3)cc2F)cnn1. The molecule has 0 amide bonds. The molecule has 27 heavy (non-hydrogen) atoms. The minimum atomic E-state index is -0.539. The molecule has 138 valence electrons. The van der Waals surface area contributed by atoms with Crippen molar-refractivity contribution >= 4 is 5.95 Å². The van der Waals surface area contributed by atoms with Gasteiger partial charge >= 0.3 is 0 Å². The first-order valence-electron chi connectivity index (χ1n) is 8.50. The number of aromatic nitrogens is 5. The monoisotopic (exact) mass is 368 g/mol. The van der Waals surface area contributed by atoms with Gasteiger partial charge in [-0.1, -0.05) is 0 Å². The van der Waals surface area contributed by atoms with Crippen LogP contribution in [-0.4, -0.2) is 50.7 Å². The third-order valence-electron chi connectivity index (χ3n) is 4.45. The van der Waals surface area contributed by atoms with Crippen LogP contribution in [0.2, 0.25) is 0 Å². The van der Waals surface area contributed by atoms with Crippen molar-refractivity contribution < 1.29 is 14.2 Å². The van der Waals surface area contributed by atoms with E-state index in [0.717, 1.165) is 25.9 Å². The van der Waals surface area contributed by atoms with Gasteiger partial charge in [-0.2, -0.15) is 5.10 Å². The van der Waals surface area contributed by atoms with Crippen molar-refractivity contribution in [3.8, 4) is 34.0 Å². The Morgan fingerprint density at radius 1 is 1.04 bits per heavy atom. The van der Waals surface area contributed by atoms with Gasteiger partial charge in [-0.05, 0) is 25.0 Å². The number of phenolic OH excluding ortho intramolecular Hbond substituents is 1. The van der Waals surface area contributed by atoms with E-state index in [1.54, 1.807) is 0 Å². The maximum Gasteiger partial charge on any atom is 0.245 e. The largest absolute Gasteiger partial charge is 0.507 e. The second-order valence-corrected chi connectivity index (χ2v) is 6.17. The highest BCUT2D eigenvalue weighted by atomic mass is 19.1. The van der Waals surface area contributed by atoms with Crippen LogP contribution in [0.5, 0.6) is 11.6 Å². The lowest BCUT2D eigenvalue weighted by Crippen LogP contribution is -2.20. The number of hydrogen-bond donors (Lipinski definition) is 1. The molecule has 0 saturated carbocycles. The van der Waals surface area contributed by atoms with Crippen molar-refractivity contribution in [2.24, 2.45) is 0 Å². The number of ether oxygens (including phenoxy) is 1. The Morgan fingerprint density at radius 2 is 1.85 bits per heavy atom. The zero-order chi connectivity index (χ0) is 18.8. The molecule has 1 N–H and O–H groups in total. The fourth-order valence-corrected chi connectivity index (χ4v) is 3.04. The number of methoxy groups -OCH3 is 1. The average molecular weight is 368 g/mol. The number of hydrogen-bond acceptors (Lipinski definition) is 8. The lowest BCUT2D eigenvalue weighted by molar-refractivity contribution is 0.392. The van der Waals surface area contributed by atoms with Crippen LogP contribution >= 0.6 is 0 Å². The van der Waals surface area contributed by atoms with Crippen molar-refractivity contribution in [3.05, 3.63) is 36.4 Å². The molecular weight excluding hydrogens is 351 g/mol. The molecule has 0 unspecified atom stereocenters. The number of aromatic hydroxyl groups is 1. The van der Waals surface area contributed by atoms with Crippen LogP contribution in [0, 0.1) is 5.82 Å². The summed E-state index contributed by atoms with van der Waals surface area (Å²) in [6.07, 6.45) is 5.10. The van der Waals surface area contributed by atoms with E-state index in [2.05, 4.69) is 25.4 Å². The van der Waals surface area contributed by atoms with Crippen LogP contribution in [0.3, 0.4) is 0 Å². The number of halogens is 1. The summed E-state index contributed by atoms with van der Waals surface area (Å²) in [5.41, 5.74) is 1.14. The van der Waals surface area contributed by atoms with Crippen LogP contribution in [0.1, 0.15) is 12.8 Å². The maximum absolute atomic E-state index is 14.7. The third-order valence-corrected chi connectivity index (χ3v) is 4.45. The molecule has 1 aliphatic heterocycles. The first-order chi connectivity index (χ1) is 13.2. The first-order valence-corrected chi connectivity index (χ1v) is 8.50. The van der Waals surface area contributed by atoms with Crippen molar-refractivity contribution in [1.29, 1.82) is 0 Å². The van der Waals surface area contributed by atoms with Crippen LogP contribution in [-0.2, 0) is 0 Å². The van der Waals surface area contributed by atoms with Gasteiger partial charge in [0.2, 0.25) is 11.8 Å². The number of phenols is 1. The summed E-state index contributed by atoms with van der Waals surface area (Å²) < 4.78 is 19.7. The quantitative estimate of drug-likeness (QED) is 0.750. The Morgan fingerprint density at radius 3 is 2.56 bits per heavy atom. The first kappa shape index (κ1) is 17.1. The van der Waals surface area contributed by atoms with Gasteiger partial charge in [-0.3, -0.25) is 0 Å². The van der Waals surface area contributed by atoms with E-state index in [1.807, 2.05) is 4.90 Å². The summed E-state index contributed by atoms with van der Waals surface area (Å²) in [5, 5.41) is 26.1. The van der Waals surface area contributed by atoms with Gasteiger partial charge in [-0.25, -0.2) is 9.37 Å². The standard InChI is InChI=1S/C18H17FN6O2/c1-27-17-6-11(9-21-23-17)12-8-16(26)13(7-14(12)19)15-10-20-18(24-22-15)25-4-2-3-5-25/h6-10,26H,2-5H2,1H3. The van der Waals surface area contributed by atoms with E-state index in [0.29, 0.717) is 17.2 Å².